The van der Waals surface area contributed by atoms with Crippen LogP contribution in [0.2, 0.25) is 0 Å². The molecule has 0 atom stereocenters. The van der Waals surface area contributed by atoms with E-state index in [2.05, 4.69) is 6.92 Å². The fourth-order valence-corrected chi connectivity index (χ4v) is 1.84. The second-order valence-corrected chi connectivity index (χ2v) is 4.13. The molecular weight excluding hydrogens is 210 g/mol. The molecule has 0 fully saturated rings. The Morgan fingerprint density at radius 3 is 2.29 bits per heavy atom. The first-order valence-electron chi connectivity index (χ1n) is 6.12. The van der Waals surface area contributed by atoms with Crippen LogP contribution in [0.4, 0.5) is 0 Å². The SMILES string of the molecule is CC/C=C(\CC)OC(=N)c1c(C)cccc1C. The van der Waals surface area contributed by atoms with Crippen LogP contribution in [0.1, 0.15) is 43.4 Å². The molecule has 1 aromatic rings. The quantitative estimate of drug-likeness (QED) is 0.466. The summed E-state index contributed by atoms with van der Waals surface area (Å²) in [5.41, 5.74) is 3.08. The molecule has 0 aliphatic rings. The lowest BCUT2D eigenvalue weighted by molar-refractivity contribution is 0.394. The molecule has 0 spiro atoms. The zero-order chi connectivity index (χ0) is 12.8. The highest BCUT2D eigenvalue weighted by Gasteiger charge is 2.10. The Hall–Kier alpha value is -1.57. The standard InChI is InChI=1S/C15H21NO/c1-5-8-13(6-2)17-15(16)14-11(3)9-7-10-12(14)4/h7-10,16H,5-6H2,1-4H3/b13-8+,16-15?. The van der Waals surface area contributed by atoms with Gasteiger partial charge in [-0.1, -0.05) is 32.0 Å². The van der Waals surface area contributed by atoms with Crippen molar-refractivity contribution in [1.29, 1.82) is 5.41 Å². The average Bonchev–Trinajstić information content (AvgIpc) is 2.28. The van der Waals surface area contributed by atoms with Gasteiger partial charge in [-0.15, -0.1) is 0 Å². The summed E-state index contributed by atoms with van der Waals surface area (Å²) in [6.45, 7) is 8.13. The largest absolute Gasteiger partial charge is 0.444 e. The third kappa shape index (κ3) is 3.45. The lowest BCUT2D eigenvalue weighted by Gasteiger charge is -2.13. The van der Waals surface area contributed by atoms with Crippen molar-refractivity contribution in [3.8, 4) is 0 Å². The predicted octanol–water partition coefficient (Wildman–Crippen LogP) is 4.35. The van der Waals surface area contributed by atoms with Crippen LogP contribution >= 0.6 is 0 Å². The number of allylic oxidation sites excluding steroid dienone is 2. The molecule has 0 aliphatic carbocycles. The van der Waals surface area contributed by atoms with E-state index in [-0.39, 0.29) is 5.90 Å². The summed E-state index contributed by atoms with van der Waals surface area (Å²) in [6.07, 6.45) is 3.78. The van der Waals surface area contributed by atoms with Crippen LogP contribution in [0.25, 0.3) is 0 Å². The number of hydrogen-bond donors (Lipinski definition) is 1. The normalized spacial score (nSPS) is 11.4. The van der Waals surface area contributed by atoms with Gasteiger partial charge in [-0.25, -0.2) is 0 Å². The van der Waals surface area contributed by atoms with Crippen LogP contribution in [-0.2, 0) is 4.74 Å². The highest BCUT2D eigenvalue weighted by atomic mass is 16.5. The molecule has 2 heteroatoms. The van der Waals surface area contributed by atoms with E-state index in [0.29, 0.717) is 0 Å². The van der Waals surface area contributed by atoms with E-state index in [1.54, 1.807) is 0 Å². The highest BCUT2D eigenvalue weighted by molar-refractivity contribution is 5.95. The number of rotatable bonds is 4. The molecule has 0 bridgehead atoms. The van der Waals surface area contributed by atoms with Gasteiger partial charge < -0.3 is 4.74 Å². The van der Waals surface area contributed by atoms with Crippen LogP contribution in [0.3, 0.4) is 0 Å². The molecule has 2 nitrogen and oxygen atoms in total. The first-order valence-corrected chi connectivity index (χ1v) is 6.12. The van der Waals surface area contributed by atoms with Gasteiger partial charge >= 0.3 is 0 Å². The molecule has 0 unspecified atom stereocenters. The van der Waals surface area contributed by atoms with Gasteiger partial charge in [-0.2, -0.15) is 0 Å². The van der Waals surface area contributed by atoms with E-state index in [4.69, 9.17) is 10.1 Å². The minimum Gasteiger partial charge on any atom is -0.444 e. The minimum atomic E-state index is 0.252. The van der Waals surface area contributed by atoms with E-state index in [0.717, 1.165) is 35.3 Å². The summed E-state index contributed by atoms with van der Waals surface area (Å²) in [5, 5.41) is 8.06. The maximum atomic E-state index is 8.06. The summed E-state index contributed by atoms with van der Waals surface area (Å²) < 4.78 is 5.63. The molecular formula is C15H21NO. The molecule has 17 heavy (non-hydrogen) atoms. The number of benzene rings is 1. The Labute approximate surface area is 104 Å². The Balaban J connectivity index is 2.94. The first-order chi connectivity index (χ1) is 8.10. The Morgan fingerprint density at radius 1 is 1.24 bits per heavy atom. The van der Waals surface area contributed by atoms with Crippen LogP contribution in [0, 0.1) is 19.3 Å². The summed E-state index contributed by atoms with van der Waals surface area (Å²) in [4.78, 5) is 0. The number of aryl methyl sites for hydroxylation is 2. The van der Waals surface area contributed by atoms with Crippen molar-refractivity contribution in [2.75, 3.05) is 0 Å². The minimum absolute atomic E-state index is 0.252. The van der Waals surface area contributed by atoms with Crippen molar-refractivity contribution in [2.24, 2.45) is 0 Å². The summed E-state index contributed by atoms with van der Waals surface area (Å²) in [6, 6.07) is 6.02. The number of ether oxygens (including phenoxy) is 1. The van der Waals surface area contributed by atoms with Gasteiger partial charge in [0.2, 0.25) is 5.90 Å². The molecule has 0 amide bonds. The Bertz CT molecular complexity index is 412. The van der Waals surface area contributed by atoms with Gasteiger partial charge in [0.05, 0.1) is 0 Å². The predicted molar refractivity (Wildman–Crippen MR) is 72.5 cm³/mol. The molecule has 0 saturated heterocycles. The molecule has 1 N–H and O–H groups in total. The highest BCUT2D eigenvalue weighted by Crippen LogP contribution is 2.17. The summed E-state index contributed by atoms with van der Waals surface area (Å²) >= 11 is 0. The van der Waals surface area contributed by atoms with Crippen LogP contribution < -0.4 is 0 Å². The van der Waals surface area contributed by atoms with E-state index >= 15 is 0 Å². The van der Waals surface area contributed by atoms with Gasteiger partial charge in [0.25, 0.3) is 0 Å². The Morgan fingerprint density at radius 2 is 1.82 bits per heavy atom. The van der Waals surface area contributed by atoms with Gasteiger partial charge in [0.1, 0.15) is 5.76 Å². The fraction of sp³-hybridized carbons (Fsp3) is 0.400. The third-order valence-electron chi connectivity index (χ3n) is 2.72. The van der Waals surface area contributed by atoms with Crippen LogP contribution in [0.15, 0.2) is 30.0 Å². The second kappa shape index (κ2) is 6.24. The number of nitrogens with one attached hydrogen (secondary N) is 1. The van der Waals surface area contributed by atoms with Crippen molar-refractivity contribution in [3.63, 3.8) is 0 Å². The third-order valence-corrected chi connectivity index (χ3v) is 2.72. The van der Waals surface area contributed by atoms with E-state index in [1.807, 2.05) is 45.0 Å². The maximum absolute atomic E-state index is 8.06. The van der Waals surface area contributed by atoms with Crippen molar-refractivity contribution >= 4 is 5.90 Å². The van der Waals surface area contributed by atoms with E-state index < -0.39 is 0 Å². The van der Waals surface area contributed by atoms with Crippen molar-refractivity contribution in [2.45, 2.75) is 40.5 Å². The Kier molecular flexibility index (Phi) is 4.95. The monoisotopic (exact) mass is 231 g/mol. The van der Waals surface area contributed by atoms with E-state index in [1.165, 1.54) is 0 Å². The zero-order valence-electron chi connectivity index (χ0n) is 11.1. The van der Waals surface area contributed by atoms with Crippen LogP contribution in [-0.4, -0.2) is 5.90 Å². The molecule has 1 rings (SSSR count). The molecule has 0 aromatic heterocycles. The van der Waals surface area contributed by atoms with Gasteiger partial charge in [0, 0.05) is 12.0 Å². The van der Waals surface area contributed by atoms with Crippen molar-refractivity contribution in [1.82, 2.24) is 0 Å². The fourth-order valence-electron chi connectivity index (χ4n) is 1.84. The molecule has 0 aliphatic heterocycles. The zero-order valence-corrected chi connectivity index (χ0v) is 11.1. The lowest BCUT2D eigenvalue weighted by atomic mass is 10.0. The van der Waals surface area contributed by atoms with Gasteiger partial charge in [-0.05, 0) is 37.5 Å². The first kappa shape index (κ1) is 13.5. The summed E-state index contributed by atoms with van der Waals surface area (Å²) in [7, 11) is 0. The molecule has 92 valence electrons. The molecule has 0 radical (unpaired) electrons. The van der Waals surface area contributed by atoms with Crippen molar-refractivity contribution in [3.05, 3.63) is 46.7 Å². The van der Waals surface area contributed by atoms with Crippen molar-refractivity contribution < 1.29 is 4.74 Å². The molecule has 1 aromatic carbocycles. The summed E-state index contributed by atoms with van der Waals surface area (Å²) in [5.74, 6) is 1.13. The molecule has 0 saturated carbocycles. The van der Waals surface area contributed by atoms with Crippen LogP contribution in [0.5, 0.6) is 0 Å². The molecule has 0 heterocycles. The number of hydrogen-bond acceptors (Lipinski definition) is 2. The topological polar surface area (TPSA) is 33.1 Å². The average molecular weight is 231 g/mol. The smallest absolute Gasteiger partial charge is 0.219 e. The van der Waals surface area contributed by atoms with Gasteiger partial charge in [-0.3, -0.25) is 5.41 Å². The maximum Gasteiger partial charge on any atom is 0.219 e. The van der Waals surface area contributed by atoms with Gasteiger partial charge in [0.15, 0.2) is 0 Å². The second-order valence-electron chi connectivity index (χ2n) is 4.13. The lowest BCUT2D eigenvalue weighted by Crippen LogP contribution is -2.09. The van der Waals surface area contributed by atoms with E-state index in [9.17, 15) is 0 Å².